The van der Waals surface area contributed by atoms with Crippen LogP contribution in [-0.2, 0) is 16.1 Å². The van der Waals surface area contributed by atoms with E-state index in [1.807, 2.05) is 6.07 Å². The summed E-state index contributed by atoms with van der Waals surface area (Å²) in [6, 6.07) is 7.15. The van der Waals surface area contributed by atoms with Crippen molar-refractivity contribution in [1.82, 2.24) is 5.10 Å². The Bertz CT molecular complexity index is 610. The molecule has 1 N–H and O–H groups in total. The summed E-state index contributed by atoms with van der Waals surface area (Å²) in [6.07, 6.45) is 1.36. The number of H-pyrrole nitrogens is 1. The molecule has 1 aromatic heterocycles. The van der Waals surface area contributed by atoms with Crippen molar-refractivity contribution in [2.75, 3.05) is 6.61 Å². The third-order valence-electron chi connectivity index (χ3n) is 2.33. The number of halogens is 1. The van der Waals surface area contributed by atoms with Gasteiger partial charge in [-0.1, -0.05) is 12.1 Å². The molecular weight excluding hydrogens is 256 g/mol. The lowest BCUT2D eigenvalue weighted by Gasteiger charge is -1.99. The molecule has 0 saturated carbocycles. The summed E-state index contributed by atoms with van der Waals surface area (Å²) < 4.78 is 6.25. The summed E-state index contributed by atoms with van der Waals surface area (Å²) in [7, 11) is 0. The predicted molar refractivity (Wildman–Crippen MR) is 61.4 cm³/mol. The maximum absolute atomic E-state index is 11.7. The second kappa shape index (κ2) is 6.16. The number of ether oxygens (including phenoxy) is 1. The second-order valence-electron chi connectivity index (χ2n) is 3.58. The van der Waals surface area contributed by atoms with Crippen LogP contribution in [0.15, 0.2) is 35.3 Å². The standard InChI is InChI=1S/C12H12N2O3.ClH/c1-2-17-12(16)8-14-7-11(15)9-5-3-4-6-10(9)13-14;/h3-7H,2,8H2,1H3;1H. The Balaban J connectivity index is 0.00000162. The fourth-order valence-electron chi connectivity index (χ4n) is 1.62. The number of hydrogen-bond acceptors (Lipinski definition) is 3. The molecule has 2 rings (SSSR count). The average molecular weight is 269 g/mol. The van der Waals surface area contributed by atoms with Crippen molar-refractivity contribution in [3.63, 3.8) is 0 Å². The van der Waals surface area contributed by atoms with Crippen LogP contribution in [0.4, 0.5) is 0 Å². The second-order valence-corrected chi connectivity index (χ2v) is 3.58. The highest BCUT2D eigenvalue weighted by Crippen LogP contribution is 2.02. The molecule has 0 spiro atoms. The summed E-state index contributed by atoms with van der Waals surface area (Å²) in [5.41, 5.74) is 0.577. The van der Waals surface area contributed by atoms with Gasteiger partial charge in [0.05, 0.1) is 12.0 Å². The van der Waals surface area contributed by atoms with Crippen molar-refractivity contribution < 1.29 is 26.6 Å². The van der Waals surface area contributed by atoms with Gasteiger partial charge in [-0.25, -0.2) is 4.79 Å². The number of carbonyl (C=O) groups excluding carboxylic acids is 1. The van der Waals surface area contributed by atoms with Gasteiger partial charge >= 0.3 is 5.97 Å². The zero-order chi connectivity index (χ0) is 12.3. The average Bonchev–Trinajstić information content (AvgIpc) is 2.29. The maximum atomic E-state index is 11.7. The first-order valence-corrected chi connectivity index (χ1v) is 5.38. The molecule has 0 radical (unpaired) electrons. The molecule has 1 heterocycles. The molecule has 96 valence electrons. The zero-order valence-electron chi connectivity index (χ0n) is 9.85. The molecule has 0 fully saturated rings. The van der Waals surface area contributed by atoms with Gasteiger partial charge in [0, 0.05) is 0 Å². The molecule has 0 unspecified atom stereocenters. The van der Waals surface area contributed by atoms with E-state index in [1.54, 1.807) is 25.1 Å². The maximum Gasteiger partial charge on any atom is 0.375 e. The molecular formula is C12H13ClN2O3. The van der Waals surface area contributed by atoms with Gasteiger partial charge in [-0.3, -0.25) is 4.79 Å². The number of aromatic amines is 1. The Morgan fingerprint density at radius 1 is 1.39 bits per heavy atom. The van der Waals surface area contributed by atoms with E-state index < -0.39 is 0 Å². The van der Waals surface area contributed by atoms with Crippen LogP contribution in [-0.4, -0.2) is 17.7 Å². The Kier molecular flexibility index (Phi) is 4.85. The first-order valence-electron chi connectivity index (χ1n) is 5.38. The van der Waals surface area contributed by atoms with Crippen molar-refractivity contribution in [3.05, 3.63) is 40.7 Å². The van der Waals surface area contributed by atoms with Gasteiger partial charge < -0.3 is 17.1 Å². The molecule has 0 amide bonds. The molecule has 2 aromatic rings. The number of esters is 1. The van der Waals surface area contributed by atoms with E-state index in [1.165, 1.54) is 10.9 Å². The van der Waals surface area contributed by atoms with Crippen molar-refractivity contribution in [2.45, 2.75) is 13.5 Å². The zero-order valence-corrected chi connectivity index (χ0v) is 10.6. The van der Waals surface area contributed by atoms with Gasteiger partial charge in [0.15, 0.2) is 0 Å². The molecule has 6 heteroatoms. The fraction of sp³-hybridized carbons (Fsp3) is 0.250. The van der Waals surface area contributed by atoms with E-state index in [-0.39, 0.29) is 30.3 Å². The van der Waals surface area contributed by atoms with E-state index in [0.29, 0.717) is 17.5 Å². The molecule has 0 aliphatic heterocycles. The van der Waals surface area contributed by atoms with E-state index in [0.717, 1.165) is 0 Å². The SMILES string of the molecule is CCOC(=O)C[n+]1cc(=O)c2ccccc2[nH]1.[Cl-]. The number of nitrogens with zero attached hydrogens (tertiary/aromatic N) is 1. The largest absolute Gasteiger partial charge is 1.00 e. The molecule has 18 heavy (non-hydrogen) atoms. The van der Waals surface area contributed by atoms with Crippen LogP contribution in [0.3, 0.4) is 0 Å². The van der Waals surface area contributed by atoms with Crippen LogP contribution in [0.1, 0.15) is 6.92 Å². The Morgan fingerprint density at radius 2 is 2.11 bits per heavy atom. The summed E-state index contributed by atoms with van der Waals surface area (Å²) in [5, 5.41) is 3.58. The normalized spacial score (nSPS) is 9.83. The third-order valence-corrected chi connectivity index (χ3v) is 2.33. The number of fused-ring (bicyclic) bond motifs is 1. The number of rotatable bonds is 3. The van der Waals surface area contributed by atoms with Crippen LogP contribution in [0.25, 0.3) is 10.9 Å². The lowest BCUT2D eigenvalue weighted by atomic mass is 10.2. The third kappa shape index (κ3) is 3.07. The van der Waals surface area contributed by atoms with Crippen LogP contribution in [0, 0.1) is 0 Å². The molecule has 0 atom stereocenters. The number of nitrogens with one attached hydrogen (secondary N) is 1. The number of para-hydroxylation sites is 1. The van der Waals surface area contributed by atoms with Gasteiger partial charge in [0.2, 0.25) is 6.20 Å². The molecule has 0 saturated heterocycles. The van der Waals surface area contributed by atoms with Gasteiger partial charge in [-0.15, -0.1) is 4.68 Å². The number of benzene rings is 1. The van der Waals surface area contributed by atoms with E-state index in [2.05, 4.69) is 5.10 Å². The van der Waals surface area contributed by atoms with Gasteiger partial charge in [0.25, 0.3) is 12.0 Å². The highest BCUT2D eigenvalue weighted by atomic mass is 35.5. The van der Waals surface area contributed by atoms with Crippen LogP contribution in [0.5, 0.6) is 0 Å². The summed E-state index contributed by atoms with van der Waals surface area (Å²) in [5.74, 6) is -0.372. The van der Waals surface area contributed by atoms with Crippen LogP contribution in [0.2, 0.25) is 0 Å². The number of hydrogen-bond donors (Lipinski definition) is 1. The first kappa shape index (κ1) is 14.2. The predicted octanol–water partition coefficient (Wildman–Crippen LogP) is -2.62. The van der Waals surface area contributed by atoms with Gasteiger partial charge in [-0.2, -0.15) is 5.10 Å². The van der Waals surface area contributed by atoms with E-state index >= 15 is 0 Å². The molecule has 0 bridgehead atoms. The van der Waals surface area contributed by atoms with Crippen molar-refractivity contribution >= 4 is 16.9 Å². The Hall–Kier alpha value is -1.88. The Morgan fingerprint density at radius 3 is 2.83 bits per heavy atom. The van der Waals surface area contributed by atoms with Gasteiger partial charge in [-0.05, 0) is 19.1 Å². The van der Waals surface area contributed by atoms with Crippen molar-refractivity contribution in [1.29, 1.82) is 0 Å². The minimum absolute atomic E-state index is 0. The van der Waals surface area contributed by atoms with Crippen LogP contribution < -0.4 is 22.5 Å². The number of aromatic nitrogens is 2. The lowest BCUT2D eigenvalue weighted by molar-refractivity contribution is -0.741. The summed E-state index contributed by atoms with van der Waals surface area (Å²) in [4.78, 5) is 23.0. The van der Waals surface area contributed by atoms with E-state index in [9.17, 15) is 9.59 Å². The number of carbonyl (C=O) groups is 1. The lowest BCUT2D eigenvalue weighted by Crippen LogP contribution is -3.00. The fourth-order valence-corrected chi connectivity index (χ4v) is 1.62. The van der Waals surface area contributed by atoms with Gasteiger partial charge in [0.1, 0.15) is 5.52 Å². The van der Waals surface area contributed by atoms with Crippen molar-refractivity contribution in [2.24, 2.45) is 0 Å². The highest BCUT2D eigenvalue weighted by Gasteiger charge is 2.13. The van der Waals surface area contributed by atoms with E-state index in [4.69, 9.17) is 4.74 Å². The van der Waals surface area contributed by atoms with Crippen LogP contribution >= 0.6 is 0 Å². The highest BCUT2D eigenvalue weighted by molar-refractivity contribution is 5.76. The minimum atomic E-state index is -0.372. The molecule has 1 aromatic carbocycles. The molecule has 0 aliphatic rings. The Labute approximate surface area is 110 Å². The molecule has 0 aliphatic carbocycles. The quantitative estimate of drug-likeness (QED) is 0.490. The summed E-state index contributed by atoms with van der Waals surface area (Å²) >= 11 is 0. The first-order chi connectivity index (χ1) is 8.20. The summed E-state index contributed by atoms with van der Waals surface area (Å²) in [6.45, 7) is 2.08. The smallest absolute Gasteiger partial charge is 0.375 e. The molecule has 5 nitrogen and oxygen atoms in total. The minimum Gasteiger partial charge on any atom is -1.00 e. The topological polar surface area (TPSA) is 63.0 Å². The van der Waals surface area contributed by atoms with Crippen molar-refractivity contribution in [3.8, 4) is 0 Å². The monoisotopic (exact) mass is 268 g/mol.